The van der Waals surface area contributed by atoms with Crippen LogP contribution in [-0.2, 0) is 16.1 Å². The van der Waals surface area contributed by atoms with Crippen molar-refractivity contribution in [3.8, 4) is 5.82 Å². The van der Waals surface area contributed by atoms with Crippen LogP contribution in [0.2, 0.25) is 10.0 Å². The van der Waals surface area contributed by atoms with Crippen LogP contribution in [0.15, 0.2) is 43.0 Å². The Labute approximate surface area is 274 Å². The number of aromatic nitrogens is 4. The molecule has 1 saturated heterocycles. The maximum Gasteiger partial charge on any atom is 0.410 e. The number of benzene rings is 1. The van der Waals surface area contributed by atoms with Crippen molar-refractivity contribution in [3.63, 3.8) is 0 Å². The zero-order valence-corrected chi connectivity index (χ0v) is 27.7. The van der Waals surface area contributed by atoms with E-state index in [2.05, 4.69) is 15.6 Å². The highest BCUT2D eigenvalue weighted by Crippen LogP contribution is 2.29. The first-order valence-corrected chi connectivity index (χ1v) is 16.4. The van der Waals surface area contributed by atoms with Crippen molar-refractivity contribution < 1.29 is 14.3 Å². The summed E-state index contributed by atoms with van der Waals surface area (Å²) in [6.45, 7) is 7.92. The first-order valence-electron chi connectivity index (χ1n) is 15.6. The fourth-order valence-corrected chi connectivity index (χ4v) is 6.19. The molecular formula is C32H42Cl2N8O3. The Morgan fingerprint density at radius 3 is 2.47 bits per heavy atom. The predicted molar refractivity (Wildman–Crippen MR) is 176 cm³/mol. The van der Waals surface area contributed by atoms with Crippen LogP contribution in [0.3, 0.4) is 0 Å². The van der Waals surface area contributed by atoms with Gasteiger partial charge >= 0.3 is 6.09 Å². The zero-order valence-electron chi connectivity index (χ0n) is 26.1. The molecule has 1 aliphatic carbocycles. The quantitative estimate of drug-likeness (QED) is 0.284. The summed E-state index contributed by atoms with van der Waals surface area (Å²) in [5, 5.41) is 7.59. The summed E-state index contributed by atoms with van der Waals surface area (Å²) in [6.07, 6.45) is 11.3. The van der Waals surface area contributed by atoms with E-state index >= 15 is 0 Å². The van der Waals surface area contributed by atoms with Gasteiger partial charge in [-0.25, -0.2) is 9.78 Å². The number of amides is 2. The van der Waals surface area contributed by atoms with Crippen LogP contribution in [0, 0.1) is 5.92 Å². The molecule has 2 aromatic heterocycles. The van der Waals surface area contributed by atoms with E-state index in [0.29, 0.717) is 66.1 Å². The molecule has 2 aliphatic rings. The van der Waals surface area contributed by atoms with Gasteiger partial charge in [-0.1, -0.05) is 61.4 Å². The number of carbonyl (C=O) groups is 2. The number of piperazine rings is 1. The average Bonchev–Trinajstić information content (AvgIpc) is 3.55. The first-order chi connectivity index (χ1) is 21.5. The molecule has 1 unspecified atom stereocenters. The van der Waals surface area contributed by atoms with Crippen LogP contribution in [-0.4, -0.2) is 74.2 Å². The van der Waals surface area contributed by atoms with Crippen molar-refractivity contribution >= 4 is 47.0 Å². The van der Waals surface area contributed by atoms with E-state index in [9.17, 15) is 9.59 Å². The van der Waals surface area contributed by atoms with Crippen LogP contribution < -0.4 is 15.5 Å². The average molecular weight is 658 g/mol. The van der Waals surface area contributed by atoms with Gasteiger partial charge in [0.1, 0.15) is 29.6 Å². The number of hydrogen-bond acceptors (Lipinski definition) is 8. The first kappa shape index (κ1) is 32.8. The topological polar surface area (TPSA) is 118 Å². The summed E-state index contributed by atoms with van der Waals surface area (Å²) in [5.41, 5.74) is 0.238. The Morgan fingerprint density at radius 1 is 1.04 bits per heavy atom. The van der Waals surface area contributed by atoms with Crippen molar-refractivity contribution in [2.45, 2.75) is 77.5 Å². The second-order valence-corrected chi connectivity index (χ2v) is 13.6. The lowest BCUT2D eigenvalue weighted by Gasteiger charge is -2.35. The largest absolute Gasteiger partial charge is 0.444 e. The molecule has 2 N–H and O–H groups in total. The van der Waals surface area contributed by atoms with Gasteiger partial charge < -0.3 is 25.2 Å². The molecule has 0 spiro atoms. The molecule has 3 aromatic rings. The van der Waals surface area contributed by atoms with Gasteiger partial charge in [0.2, 0.25) is 11.9 Å². The minimum absolute atomic E-state index is 0.123. The van der Waals surface area contributed by atoms with Crippen molar-refractivity contribution in [2.24, 2.45) is 5.92 Å². The number of hydrogen-bond donors (Lipinski definition) is 2. The second kappa shape index (κ2) is 14.7. The van der Waals surface area contributed by atoms with Crippen molar-refractivity contribution in [1.82, 2.24) is 29.7 Å². The molecule has 1 saturated carbocycles. The number of nitrogens with zero attached hydrogens (tertiary/aromatic N) is 6. The van der Waals surface area contributed by atoms with Gasteiger partial charge in [0.25, 0.3) is 0 Å². The third-order valence-electron chi connectivity index (χ3n) is 8.08. The molecule has 1 aliphatic heterocycles. The summed E-state index contributed by atoms with van der Waals surface area (Å²) in [5.74, 6) is 1.99. The van der Waals surface area contributed by atoms with Gasteiger partial charge in [-0.05, 0) is 50.8 Å². The van der Waals surface area contributed by atoms with Crippen molar-refractivity contribution in [3.05, 3.63) is 58.6 Å². The van der Waals surface area contributed by atoms with Gasteiger partial charge in [-0.15, -0.1) is 0 Å². The molecule has 11 nitrogen and oxygen atoms in total. The summed E-state index contributed by atoms with van der Waals surface area (Å²) in [7, 11) is 0. The van der Waals surface area contributed by atoms with Gasteiger partial charge in [0, 0.05) is 61.2 Å². The van der Waals surface area contributed by atoms with Gasteiger partial charge in [0.15, 0.2) is 0 Å². The fourth-order valence-electron chi connectivity index (χ4n) is 5.72. The summed E-state index contributed by atoms with van der Waals surface area (Å²) < 4.78 is 7.37. The molecule has 2 amide bonds. The van der Waals surface area contributed by atoms with E-state index in [1.54, 1.807) is 29.6 Å². The van der Waals surface area contributed by atoms with E-state index in [-0.39, 0.29) is 18.5 Å². The van der Waals surface area contributed by atoms with Gasteiger partial charge in [-0.2, -0.15) is 9.97 Å². The number of imidazole rings is 1. The number of anilines is 2. The van der Waals surface area contributed by atoms with Gasteiger partial charge in [-0.3, -0.25) is 9.36 Å². The van der Waals surface area contributed by atoms with Crippen molar-refractivity contribution in [2.75, 3.05) is 36.4 Å². The van der Waals surface area contributed by atoms with Gasteiger partial charge in [0.05, 0.1) is 0 Å². The van der Waals surface area contributed by atoms with Crippen LogP contribution in [0.1, 0.15) is 64.9 Å². The highest BCUT2D eigenvalue weighted by Gasteiger charge is 2.29. The van der Waals surface area contributed by atoms with Crippen LogP contribution in [0.25, 0.3) is 5.82 Å². The summed E-state index contributed by atoms with van der Waals surface area (Å²) >= 11 is 12.4. The Kier molecular flexibility index (Phi) is 10.7. The second-order valence-electron chi connectivity index (χ2n) is 12.7. The van der Waals surface area contributed by atoms with E-state index in [4.69, 9.17) is 37.9 Å². The SMILES string of the molecule is CC(C)(C)OC(=O)N1CCN(c2nc(NC(CC3CCCCC3)C(=O)NCc3ccc(Cl)cc3Cl)cc(-n3ccnc3)n2)CC1. The van der Waals surface area contributed by atoms with E-state index in [1.165, 1.54) is 19.3 Å². The highest BCUT2D eigenvalue weighted by molar-refractivity contribution is 6.35. The zero-order chi connectivity index (χ0) is 32.0. The Morgan fingerprint density at radius 2 is 1.80 bits per heavy atom. The molecule has 242 valence electrons. The minimum atomic E-state index is -0.557. The number of nitrogens with one attached hydrogen (secondary N) is 2. The summed E-state index contributed by atoms with van der Waals surface area (Å²) in [4.78, 5) is 44.0. The number of carbonyl (C=O) groups excluding carboxylic acids is 2. The number of ether oxygens (including phenoxy) is 1. The fraction of sp³-hybridized carbons (Fsp3) is 0.531. The minimum Gasteiger partial charge on any atom is -0.444 e. The lowest BCUT2D eigenvalue weighted by atomic mass is 9.84. The maximum atomic E-state index is 13.7. The molecular weight excluding hydrogens is 615 g/mol. The smallest absolute Gasteiger partial charge is 0.410 e. The van der Waals surface area contributed by atoms with Crippen LogP contribution in [0.4, 0.5) is 16.6 Å². The third kappa shape index (κ3) is 9.23. The third-order valence-corrected chi connectivity index (χ3v) is 8.67. The molecule has 13 heteroatoms. The summed E-state index contributed by atoms with van der Waals surface area (Å²) in [6, 6.07) is 6.59. The lowest BCUT2D eigenvalue weighted by molar-refractivity contribution is -0.122. The van der Waals surface area contributed by atoms with Crippen LogP contribution in [0.5, 0.6) is 0 Å². The lowest BCUT2D eigenvalue weighted by Crippen LogP contribution is -2.50. The molecule has 3 heterocycles. The normalized spacial score (nSPS) is 16.7. The van der Waals surface area contributed by atoms with E-state index in [1.807, 2.05) is 48.6 Å². The maximum absolute atomic E-state index is 13.7. The Balaban J connectivity index is 1.35. The van der Waals surface area contributed by atoms with E-state index in [0.717, 1.165) is 18.4 Å². The van der Waals surface area contributed by atoms with E-state index < -0.39 is 11.6 Å². The molecule has 5 rings (SSSR count). The molecule has 45 heavy (non-hydrogen) atoms. The Hall–Kier alpha value is -3.57. The monoisotopic (exact) mass is 656 g/mol. The highest BCUT2D eigenvalue weighted by atomic mass is 35.5. The predicted octanol–water partition coefficient (Wildman–Crippen LogP) is 6.09. The molecule has 0 radical (unpaired) electrons. The molecule has 1 atom stereocenters. The molecule has 1 aromatic carbocycles. The molecule has 2 fully saturated rings. The van der Waals surface area contributed by atoms with Crippen LogP contribution >= 0.6 is 23.2 Å². The number of halogens is 2. The molecule has 0 bridgehead atoms. The Bertz CT molecular complexity index is 1450. The number of rotatable bonds is 9. The van der Waals surface area contributed by atoms with Crippen molar-refractivity contribution in [1.29, 1.82) is 0 Å². The standard InChI is InChI=1S/C32H42Cl2N8O3/c1-32(2,3)45-31(44)41-15-13-40(14-16-41)30-38-27(19-28(39-30)42-12-11-35-21-42)37-26(17-22-7-5-4-6-8-22)29(43)36-20-23-9-10-24(33)18-25(23)34/h9-12,18-19,21-22,26H,4-8,13-17,20H2,1-3H3,(H,36,43)(H,37,38,39).